The van der Waals surface area contributed by atoms with Crippen molar-refractivity contribution in [1.82, 2.24) is 19.4 Å². The molecule has 1 aromatic carbocycles. The molecule has 0 saturated carbocycles. The molecule has 5 heteroatoms. The van der Waals surface area contributed by atoms with E-state index >= 15 is 0 Å². The Hall–Kier alpha value is -2.30. The molecule has 0 atom stereocenters. The van der Waals surface area contributed by atoms with Crippen LogP contribution in [0.3, 0.4) is 0 Å². The van der Waals surface area contributed by atoms with Gasteiger partial charge in [0.1, 0.15) is 12.1 Å². The molecule has 104 valence electrons. The summed E-state index contributed by atoms with van der Waals surface area (Å²) in [5.41, 5.74) is 3.07. The Labute approximate surface area is 117 Å². The average molecular weight is 270 g/mol. The van der Waals surface area contributed by atoms with E-state index in [4.69, 9.17) is 4.74 Å². The van der Waals surface area contributed by atoms with Gasteiger partial charge in [-0.1, -0.05) is 13.3 Å². The van der Waals surface area contributed by atoms with Gasteiger partial charge < -0.3 is 4.74 Å². The van der Waals surface area contributed by atoms with E-state index in [1.54, 1.807) is 13.4 Å². The fourth-order valence-corrected chi connectivity index (χ4v) is 2.22. The smallest absolute Gasteiger partial charge is 0.154 e. The molecular formula is C15H18N4O. The Kier molecular flexibility index (Phi) is 3.41. The van der Waals surface area contributed by atoms with Crippen molar-refractivity contribution in [3.05, 3.63) is 36.7 Å². The number of fused-ring (bicyclic) bond motifs is 1. The third-order valence-corrected chi connectivity index (χ3v) is 3.39. The van der Waals surface area contributed by atoms with Crippen LogP contribution in [-0.2, 0) is 6.54 Å². The standard InChI is InChI=1S/C15H18N4O/c1-3-4-9-18-15-10-14(17-19(15)11-16-18)12-5-7-13(20-2)8-6-12/h5-8,10-11H,3-4,9H2,1-2H3. The topological polar surface area (TPSA) is 44.4 Å². The zero-order chi connectivity index (χ0) is 13.9. The van der Waals surface area contributed by atoms with Crippen LogP contribution < -0.4 is 4.74 Å². The second kappa shape index (κ2) is 5.36. The van der Waals surface area contributed by atoms with Gasteiger partial charge in [0.05, 0.1) is 12.8 Å². The fraction of sp³-hybridized carbons (Fsp3) is 0.333. The van der Waals surface area contributed by atoms with E-state index in [0.29, 0.717) is 0 Å². The maximum Gasteiger partial charge on any atom is 0.154 e. The van der Waals surface area contributed by atoms with Crippen molar-refractivity contribution in [2.24, 2.45) is 0 Å². The first-order chi connectivity index (χ1) is 9.81. The van der Waals surface area contributed by atoms with Crippen LogP contribution in [0.2, 0.25) is 0 Å². The first kappa shape index (κ1) is 12.7. The quantitative estimate of drug-likeness (QED) is 0.716. The molecule has 2 aromatic heterocycles. The average Bonchev–Trinajstić information content (AvgIpc) is 3.06. The lowest BCUT2D eigenvalue weighted by Gasteiger charge is -2.00. The van der Waals surface area contributed by atoms with Gasteiger partial charge in [0.2, 0.25) is 0 Å². The Bertz CT molecular complexity index is 696. The maximum absolute atomic E-state index is 5.17. The number of benzene rings is 1. The molecule has 0 N–H and O–H groups in total. The maximum atomic E-state index is 5.17. The minimum atomic E-state index is 0.853. The number of unbranched alkanes of at least 4 members (excludes halogenated alkanes) is 1. The van der Waals surface area contributed by atoms with E-state index in [9.17, 15) is 0 Å². The second-order valence-corrected chi connectivity index (χ2v) is 4.77. The highest BCUT2D eigenvalue weighted by Crippen LogP contribution is 2.22. The van der Waals surface area contributed by atoms with Gasteiger partial charge >= 0.3 is 0 Å². The van der Waals surface area contributed by atoms with Crippen LogP contribution in [0, 0.1) is 0 Å². The lowest BCUT2D eigenvalue weighted by atomic mass is 10.1. The number of aryl methyl sites for hydroxylation is 1. The predicted molar refractivity (Wildman–Crippen MR) is 77.9 cm³/mol. The molecule has 20 heavy (non-hydrogen) atoms. The van der Waals surface area contributed by atoms with E-state index in [1.165, 1.54) is 0 Å². The minimum absolute atomic E-state index is 0.853. The van der Waals surface area contributed by atoms with Gasteiger partial charge in [-0.3, -0.25) is 0 Å². The SMILES string of the molecule is CCCCn1ncn2nc(-c3ccc(OC)cc3)cc12. The number of hydrogen-bond donors (Lipinski definition) is 0. The summed E-state index contributed by atoms with van der Waals surface area (Å²) in [6.07, 6.45) is 4.05. The van der Waals surface area contributed by atoms with Gasteiger partial charge in [-0.2, -0.15) is 10.2 Å². The second-order valence-electron chi connectivity index (χ2n) is 4.77. The molecule has 0 aliphatic carbocycles. The van der Waals surface area contributed by atoms with E-state index in [-0.39, 0.29) is 0 Å². The normalized spacial score (nSPS) is 11.1. The summed E-state index contributed by atoms with van der Waals surface area (Å²) in [4.78, 5) is 0. The van der Waals surface area contributed by atoms with Crippen molar-refractivity contribution < 1.29 is 4.74 Å². The van der Waals surface area contributed by atoms with Crippen molar-refractivity contribution in [2.45, 2.75) is 26.3 Å². The Balaban J connectivity index is 1.93. The molecule has 0 unspecified atom stereocenters. The molecule has 0 aliphatic heterocycles. The molecule has 5 nitrogen and oxygen atoms in total. The molecule has 3 aromatic rings. The number of rotatable bonds is 5. The van der Waals surface area contributed by atoms with Crippen LogP contribution in [0.1, 0.15) is 19.8 Å². The summed E-state index contributed by atoms with van der Waals surface area (Å²) in [6.45, 7) is 3.11. The predicted octanol–water partition coefficient (Wildman–Crippen LogP) is 3.01. The van der Waals surface area contributed by atoms with Crippen molar-refractivity contribution in [3.8, 4) is 17.0 Å². The molecule has 3 rings (SSSR count). The van der Waals surface area contributed by atoms with Crippen LogP contribution in [0.15, 0.2) is 36.7 Å². The van der Waals surface area contributed by atoms with Gasteiger partial charge in [0.25, 0.3) is 0 Å². The van der Waals surface area contributed by atoms with Crippen LogP contribution in [-0.4, -0.2) is 26.5 Å². The minimum Gasteiger partial charge on any atom is -0.497 e. The molecule has 2 heterocycles. The highest BCUT2D eigenvalue weighted by molar-refractivity contribution is 5.64. The fourth-order valence-electron chi connectivity index (χ4n) is 2.22. The Morgan fingerprint density at radius 3 is 2.70 bits per heavy atom. The molecule has 0 aliphatic rings. The zero-order valence-corrected chi connectivity index (χ0v) is 11.8. The Morgan fingerprint density at radius 2 is 2.00 bits per heavy atom. The van der Waals surface area contributed by atoms with Crippen LogP contribution in [0.5, 0.6) is 5.75 Å². The lowest BCUT2D eigenvalue weighted by molar-refractivity contribution is 0.415. The van der Waals surface area contributed by atoms with Gasteiger partial charge in [-0.05, 0) is 30.7 Å². The van der Waals surface area contributed by atoms with Crippen LogP contribution in [0.25, 0.3) is 16.9 Å². The third kappa shape index (κ3) is 2.27. The molecule has 0 spiro atoms. The molecular weight excluding hydrogens is 252 g/mol. The number of methoxy groups -OCH3 is 1. The summed E-state index contributed by atoms with van der Waals surface area (Å²) in [5.74, 6) is 0.853. The monoisotopic (exact) mass is 270 g/mol. The van der Waals surface area contributed by atoms with Gasteiger partial charge in [-0.25, -0.2) is 9.20 Å². The Morgan fingerprint density at radius 1 is 1.20 bits per heavy atom. The van der Waals surface area contributed by atoms with Gasteiger partial charge in [-0.15, -0.1) is 0 Å². The van der Waals surface area contributed by atoms with E-state index in [1.807, 2.05) is 33.5 Å². The summed E-state index contributed by atoms with van der Waals surface area (Å²) < 4.78 is 9.00. The highest BCUT2D eigenvalue weighted by atomic mass is 16.5. The first-order valence-electron chi connectivity index (χ1n) is 6.87. The van der Waals surface area contributed by atoms with Crippen LogP contribution >= 0.6 is 0 Å². The van der Waals surface area contributed by atoms with Gasteiger partial charge in [0.15, 0.2) is 5.65 Å². The van der Waals surface area contributed by atoms with Crippen molar-refractivity contribution in [2.75, 3.05) is 7.11 Å². The van der Waals surface area contributed by atoms with Crippen molar-refractivity contribution >= 4 is 5.65 Å². The highest BCUT2D eigenvalue weighted by Gasteiger charge is 2.09. The molecule has 0 radical (unpaired) electrons. The molecule has 0 fully saturated rings. The first-order valence-corrected chi connectivity index (χ1v) is 6.87. The molecule has 0 saturated heterocycles. The third-order valence-electron chi connectivity index (χ3n) is 3.39. The van der Waals surface area contributed by atoms with Crippen LogP contribution in [0.4, 0.5) is 0 Å². The molecule has 0 amide bonds. The van der Waals surface area contributed by atoms with E-state index in [2.05, 4.69) is 23.2 Å². The summed E-state index contributed by atoms with van der Waals surface area (Å²) in [6, 6.07) is 10.0. The lowest BCUT2D eigenvalue weighted by Crippen LogP contribution is -1.98. The van der Waals surface area contributed by atoms with E-state index in [0.717, 1.165) is 42.0 Å². The number of nitrogens with zero attached hydrogens (tertiary/aromatic N) is 4. The molecule has 0 bridgehead atoms. The summed E-state index contributed by atoms with van der Waals surface area (Å²) in [7, 11) is 1.67. The van der Waals surface area contributed by atoms with E-state index < -0.39 is 0 Å². The van der Waals surface area contributed by atoms with Gasteiger partial charge in [0, 0.05) is 18.2 Å². The van der Waals surface area contributed by atoms with Crippen molar-refractivity contribution in [3.63, 3.8) is 0 Å². The summed E-state index contributed by atoms with van der Waals surface area (Å²) >= 11 is 0. The zero-order valence-electron chi connectivity index (χ0n) is 11.8. The number of aromatic nitrogens is 4. The number of ether oxygens (including phenoxy) is 1. The summed E-state index contributed by atoms with van der Waals surface area (Å²) in [5, 5.41) is 8.91. The number of hydrogen-bond acceptors (Lipinski definition) is 3. The largest absolute Gasteiger partial charge is 0.497 e. The van der Waals surface area contributed by atoms with Crippen molar-refractivity contribution in [1.29, 1.82) is 0 Å².